The van der Waals surface area contributed by atoms with E-state index in [0.717, 1.165) is 11.8 Å². The van der Waals surface area contributed by atoms with Gasteiger partial charge in [-0.2, -0.15) is 0 Å². The van der Waals surface area contributed by atoms with Crippen molar-refractivity contribution in [1.82, 2.24) is 47.9 Å². The Morgan fingerprint density at radius 3 is 1.68 bits per heavy atom. The molecule has 0 heterocycles. The third-order valence-electron chi connectivity index (χ3n) is 12.8. The van der Waals surface area contributed by atoms with Crippen LogP contribution in [0.1, 0.15) is 102 Å². The summed E-state index contributed by atoms with van der Waals surface area (Å²) < 4.78 is 0. The number of benzene rings is 3. The Bertz CT molecular complexity index is 2830. The van der Waals surface area contributed by atoms with E-state index in [-0.39, 0.29) is 60.4 Å². The van der Waals surface area contributed by atoms with Crippen LogP contribution in [0.3, 0.4) is 0 Å². The first kappa shape index (κ1) is 71.3. The van der Waals surface area contributed by atoms with Crippen LogP contribution in [-0.4, -0.2) is 147 Å². The van der Waals surface area contributed by atoms with Crippen molar-refractivity contribution in [1.29, 1.82) is 0 Å². The molecule has 0 aliphatic carbocycles. The van der Waals surface area contributed by atoms with E-state index in [2.05, 4.69) is 47.9 Å². The zero-order chi connectivity index (χ0) is 63.5. The highest BCUT2D eigenvalue weighted by atomic mass is 35.5. The molecule has 0 bridgehead atoms. The lowest BCUT2D eigenvalue weighted by atomic mass is 9.99. The molecule has 0 aromatic heterocycles. The molecule has 28 heteroatoms. The van der Waals surface area contributed by atoms with Gasteiger partial charge in [-0.25, -0.2) is 0 Å². The molecular weight excluding hydrogens is 1170 g/mol. The molecule has 85 heavy (non-hydrogen) atoms. The fraction of sp³-hybridized carbons (Fsp3) is 0.474. The highest BCUT2D eigenvalue weighted by Gasteiger charge is 2.35. The quantitative estimate of drug-likeness (QED) is 0.0293. The van der Waals surface area contributed by atoms with Gasteiger partial charge in [0.25, 0.3) is 5.91 Å². The number of amides is 10. The second-order valence-electron chi connectivity index (χ2n) is 21.0. The fourth-order valence-electron chi connectivity index (χ4n) is 8.21. The van der Waals surface area contributed by atoms with E-state index in [9.17, 15) is 72.9 Å². The Morgan fingerprint density at radius 1 is 0.565 bits per heavy atom. The number of hydrogen-bond acceptors (Lipinski definition) is 14. The second kappa shape index (κ2) is 36.0. The summed E-state index contributed by atoms with van der Waals surface area (Å²) in [5.41, 5.74) is 6.13. The van der Waals surface area contributed by atoms with Gasteiger partial charge in [0, 0.05) is 36.3 Å². The van der Waals surface area contributed by atoms with Crippen LogP contribution in [0.5, 0.6) is 5.75 Å². The molecule has 0 fully saturated rings. The van der Waals surface area contributed by atoms with Gasteiger partial charge < -0.3 is 68.9 Å². The molecule has 0 aliphatic rings. The number of carboxylic acids is 2. The molecular formula is C57H76Cl2N10O15S. The summed E-state index contributed by atoms with van der Waals surface area (Å²) >= 11 is 13.2. The van der Waals surface area contributed by atoms with Crippen LogP contribution in [0.2, 0.25) is 10.0 Å². The number of aliphatic carboxylic acids is 2. The highest BCUT2D eigenvalue weighted by Crippen LogP contribution is 2.36. The van der Waals surface area contributed by atoms with Crippen molar-refractivity contribution < 1.29 is 72.9 Å². The number of phenolic OH excluding ortho intramolecular Hbond substituents is 1. The van der Waals surface area contributed by atoms with Crippen LogP contribution in [0.15, 0.2) is 77.7 Å². The topological polar surface area (TPSA) is 400 Å². The summed E-state index contributed by atoms with van der Waals surface area (Å²) in [5, 5.41) is 51.5. The Kier molecular flexibility index (Phi) is 30.2. The van der Waals surface area contributed by atoms with E-state index >= 15 is 0 Å². The lowest BCUT2D eigenvalue weighted by Gasteiger charge is -2.28. The zero-order valence-corrected chi connectivity index (χ0v) is 50.3. The minimum atomic E-state index is -1.70. The first-order valence-corrected chi connectivity index (χ1v) is 29.0. The summed E-state index contributed by atoms with van der Waals surface area (Å²) in [6.45, 7) is 8.86. The molecule has 0 unspecified atom stereocenters. The number of primary amides is 1. The molecule has 0 spiro atoms. The van der Waals surface area contributed by atoms with Crippen LogP contribution in [0.4, 0.5) is 0 Å². The average Bonchev–Trinajstić information content (AvgIpc) is 3.61. The molecule has 0 saturated heterocycles. The number of phenols is 1. The van der Waals surface area contributed by atoms with Crippen molar-refractivity contribution >= 4 is 106 Å². The summed E-state index contributed by atoms with van der Waals surface area (Å²) in [5.74, 6) is -12.2. The molecule has 3 aromatic carbocycles. The van der Waals surface area contributed by atoms with E-state index in [1.165, 1.54) is 30.3 Å². The van der Waals surface area contributed by atoms with E-state index in [1.807, 2.05) is 0 Å². The van der Waals surface area contributed by atoms with Crippen LogP contribution >= 0.6 is 35.0 Å². The van der Waals surface area contributed by atoms with Crippen molar-refractivity contribution in [2.75, 3.05) is 19.6 Å². The van der Waals surface area contributed by atoms with E-state index in [1.54, 1.807) is 84.0 Å². The van der Waals surface area contributed by atoms with Gasteiger partial charge in [-0.05, 0) is 91.8 Å². The predicted molar refractivity (Wildman–Crippen MR) is 316 cm³/mol. The Balaban J connectivity index is 1.92. The first-order valence-electron chi connectivity index (χ1n) is 27.4. The number of nitrogens with one attached hydrogen (secondary N) is 9. The number of thioether (sulfide) groups is 1. The van der Waals surface area contributed by atoms with Crippen LogP contribution in [0, 0.1) is 17.8 Å². The van der Waals surface area contributed by atoms with Gasteiger partial charge in [0.1, 0.15) is 47.3 Å². The van der Waals surface area contributed by atoms with Gasteiger partial charge in [-0.1, -0.05) is 101 Å². The van der Waals surface area contributed by atoms with E-state index in [0.29, 0.717) is 16.0 Å². The van der Waals surface area contributed by atoms with Crippen LogP contribution in [-0.2, 0) is 59.2 Å². The maximum Gasteiger partial charge on any atom is 0.317 e. The van der Waals surface area contributed by atoms with Crippen molar-refractivity contribution in [3.05, 3.63) is 94.0 Å². The molecule has 7 atom stereocenters. The summed E-state index contributed by atoms with van der Waals surface area (Å²) in [7, 11) is 0. The third kappa shape index (κ3) is 25.8. The van der Waals surface area contributed by atoms with Crippen molar-refractivity contribution in [2.24, 2.45) is 23.5 Å². The minimum Gasteiger partial charge on any atom is -0.508 e. The molecule has 14 N–H and O–H groups in total. The molecule has 25 nitrogen and oxygen atoms in total. The number of aromatic hydroxyl groups is 1. The maximum atomic E-state index is 14.5. The Morgan fingerprint density at radius 2 is 1.12 bits per heavy atom. The average molecular weight is 1240 g/mol. The smallest absolute Gasteiger partial charge is 0.317 e. The number of rotatable bonds is 36. The van der Waals surface area contributed by atoms with Crippen LogP contribution < -0.4 is 53.6 Å². The molecule has 3 aromatic rings. The van der Waals surface area contributed by atoms with Gasteiger partial charge in [-0.3, -0.25) is 57.5 Å². The van der Waals surface area contributed by atoms with E-state index < -0.39 is 157 Å². The third-order valence-corrected chi connectivity index (χ3v) is 14.9. The zero-order valence-electron chi connectivity index (χ0n) is 48.0. The minimum absolute atomic E-state index is 0.00220. The monoisotopic (exact) mass is 1240 g/mol. The Labute approximate surface area is 506 Å². The Hall–Kier alpha value is -7.97. The molecule has 10 amide bonds. The van der Waals surface area contributed by atoms with Gasteiger partial charge in [-0.15, -0.1) is 11.8 Å². The molecule has 3 rings (SSSR count). The second-order valence-corrected chi connectivity index (χ2v) is 23.0. The molecule has 0 aliphatic heterocycles. The number of nitrogens with two attached hydrogens (primary N) is 1. The van der Waals surface area contributed by atoms with Gasteiger partial charge in [0.2, 0.25) is 53.2 Å². The molecule has 464 valence electrons. The number of hydrogen-bond donors (Lipinski definition) is 13. The van der Waals surface area contributed by atoms with Crippen LogP contribution in [0.25, 0.3) is 0 Å². The highest BCUT2D eigenvalue weighted by molar-refractivity contribution is 8.00. The predicted octanol–water partition coefficient (Wildman–Crippen LogP) is 2.33. The van der Waals surface area contributed by atoms with Crippen molar-refractivity contribution in [3.8, 4) is 5.75 Å². The van der Waals surface area contributed by atoms with Gasteiger partial charge in [0.05, 0.1) is 23.1 Å². The number of carbonyl (C=O) groups is 12. The SMILES string of the molecule is CC(C)C[C@H](NC(=O)[C@@H](NC(=O)CNC(=O)c1ccccc1)C(C)C)C(=O)N[C@@H](CCCCNC(=O)C[C@@H](Sc1cccc(Cl)c1Cl)C(=O)O)C(=O)N[C@@H](CCC(=O)O)C(=O)N[C@@H](Cc1ccc(O)cc1)C(=O)NCC(=O)N[C@H](C(N)=O)C(C)C. The number of unbranched alkanes of at least 4 members (excludes halogenated alkanes) is 1. The largest absolute Gasteiger partial charge is 0.508 e. The first-order chi connectivity index (χ1) is 40.1. The van der Waals surface area contributed by atoms with Gasteiger partial charge >= 0.3 is 11.9 Å². The summed E-state index contributed by atoms with van der Waals surface area (Å²) in [6.07, 6.45) is -1.96. The van der Waals surface area contributed by atoms with E-state index in [4.69, 9.17) is 28.9 Å². The normalized spacial score (nSPS) is 13.5. The van der Waals surface area contributed by atoms with Crippen molar-refractivity contribution in [3.63, 3.8) is 0 Å². The molecule has 0 radical (unpaired) electrons. The lowest BCUT2D eigenvalue weighted by molar-refractivity contribution is -0.139. The fourth-order valence-corrected chi connectivity index (χ4v) is 9.71. The number of carboxylic acid groups (broad SMARTS) is 2. The maximum absolute atomic E-state index is 14.5. The molecule has 0 saturated carbocycles. The standard InChI is InChI=1S/C57H76Cl2N10O15S/c1-30(2)25-39(67-56(82)49(32(5)6)69-45(73)28-62-51(77)34-13-8-7-9-14-34)55(81)64-37(16-10-11-24-61-43(71)27-42(57(83)84)85-41-17-12-15-36(58)47(41)59)53(79)65-38(22-23-46(74)75)54(80)66-40(26-33-18-20-35(70)21-19-33)52(78)63-29-44(72)68-48(31(3)4)50(60)76/h7-9,12-15,17-21,30-32,37-40,42,48-49,70H,10-11,16,22-29H2,1-6H3,(H2,60,76)(H,61,71)(H,62,77)(H,63,78)(H,64,81)(H,65,79)(H,66,80)(H,67,82)(H,68,72)(H,69,73)(H,74,75)(H,83,84)/t37-,38-,39-,40-,42+,48-,49-/m0/s1. The van der Waals surface area contributed by atoms with Gasteiger partial charge in [0.15, 0.2) is 0 Å². The summed E-state index contributed by atoms with van der Waals surface area (Å²) in [6, 6.07) is 9.89. The van der Waals surface area contributed by atoms with Crippen molar-refractivity contribution in [2.45, 2.75) is 139 Å². The number of carbonyl (C=O) groups excluding carboxylic acids is 10. The summed E-state index contributed by atoms with van der Waals surface area (Å²) in [4.78, 5) is 159. The lowest BCUT2D eigenvalue weighted by Crippen LogP contribution is -2.60. The number of halogens is 2.